The van der Waals surface area contributed by atoms with Crippen molar-refractivity contribution in [3.8, 4) is 0 Å². The van der Waals surface area contributed by atoms with E-state index in [4.69, 9.17) is 0 Å². The van der Waals surface area contributed by atoms with Gasteiger partial charge in [-0.3, -0.25) is 4.90 Å². The largest absolute Gasteiger partial charge is 0.367 e. The fourth-order valence-corrected chi connectivity index (χ4v) is 4.53. The van der Waals surface area contributed by atoms with Crippen LogP contribution >= 0.6 is 0 Å². The maximum absolute atomic E-state index is 14.8. The van der Waals surface area contributed by atoms with E-state index in [0.29, 0.717) is 0 Å². The van der Waals surface area contributed by atoms with Crippen LogP contribution in [-0.2, 0) is 13.0 Å². The standard InChI is InChI=1S/C25H35FN4/c1-27-12-14-28(15-13-27)11-5-8-22-9-10-25(24(26)20-22)30-18-16-29(17-19-30)21-23-6-3-2-4-7-23/h2-4,6-7,9-10,20H,5,8,11-19,21H2,1H3. The number of piperazine rings is 2. The van der Waals surface area contributed by atoms with Crippen LogP contribution in [-0.4, -0.2) is 80.7 Å². The Morgan fingerprint density at radius 2 is 1.47 bits per heavy atom. The Hall–Kier alpha value is -1.95. The van der Waals surface area contributed by atoms with E-state index < -0.39 is 0 Å². The summed E-state index contributed by atoms with van der Waals surface area (Å²) in [4.78, 5) is 9.56. The summed E-state index contributed by atoms with van der Waals surface area (Å²) in [6.45, 7) is 10.4. The number of rotatable bonds is 7. The maximum Gasteiger partial charge on any atom is 0.146 e. The molecule has 2 aromatic rings. The van der Waals surface area contributed by atoms with Gasteiger partial charge in [0, 0.05) is 58.9 Å². The van der Waals surface area contributed by atoms with Crippen molar-refractivity contribution in [3.63, 3.8) is 0 Å². The van der Waals surface area contributed by atoms with Gasteiger partial charge in [-0.25, -0.2) is 4.39 Å². The zero-order chi connectivity index (χ0) is 20.8. The number of hydrogen-bond donors (Lipinski definition) is 0. The van der Waals surface area contributed by atoms with Gasteiger partial charge in [0.15, 0.2) is 0 Å². The maximum atomic E-state index is 14.8. The number of hydrogen-bond acceptors (Lipinski definition) is 4. The molecular weight excluding hydrogens is 375 g/mol. The third-order valence-corrected chi connectivity index (χ3v) is 6.51. The highest BCUT2D eigenvalue weighted by Crippen LogP contribution is 2.23. The molecule has 0 spiro atoms. The van der Waals surface area contributed by atoms with Crippen LogP contribution in [0.5, 0.6) is 0 Å². The molecule has 2 saturated heterocycles. The molecule has 2 aromatic carbocycles. The van der Waals surface area contributed by atoms with Crippen LogP contribution in [0.1, 0.15) is 17.5 Å². The van der Waals surface area contributed by atoms with Crippen molar-refractivity contribution in [3.05, 3.63) is 65.5 Å². The minimum atomic E-state index is -0.0661. The molecule has 2 aliphatic heterocycles. The van der Waals surface area contributed by atoms with Gasteiger partial charge in [0.2, 0.25) is 0 Å². The van der Waals surface area contributed by atoms with Crippen molar-refractivity contribution in [2.24, 2.45) is 0 Å². The number of halogens is 1. The molecule has 0 bridgehead atoms. The second kappa shape index (κ2) is 10.4. The number of anilines is 1. The third-order valence-electron chi connectivity index (χ3n) is 6.51. The highest BCUT2D eigenvalue weighted by atomic mass is 19.1. The molecule has 2 heterocycles. The van der Waals surface area contributed by atoms with E-state index >= 15 is 0 Å². The lowest BCUT2D eigenvalue weighted by atomic mass is 10.1. The van der Waals surface area contributed by atoms with Crippen LogP contribution in [0.2, 0.25) is 0 Å². The first-order valence-corrected chi connectivity index (χ1v) is 11.4. The van der Waals surface area contributed by atoms with Crippen LogP contribution in [0, 0.1) is 5.82 Å². The minimum absolute atomic E-state index is 0.0661. The normalized spacial score (nSPS) is 19.3. The van der Waals surface area contributed by atoms with Crippen molar-refractivity contribution < 1.29 is 4.39 Å². The van der Waals surface area contributed by atoms with E-state index in [1.165, 1.54) is 5.56 Å². The van der Waals surface area contributed by atoms with Crippen molar-refractivity contribution in [1.29, 1.82) is 0 Å². The Morgan fingerprint density at radius 3 is 2.17 bits per heavy atom. The van der Waals surface area contributed by atoms with Gasteiger partial charge in [-0.1, -0.05) is 36.4 Å². The summed E-state index contributed by atoms with van der Waals surface area (Å²) < 4.78 is 14.8. The molecule has 0 saturated carbocycles. The zero-order valence-corrected chi connectivity index (χ0v) is 18.3. The molecule has 0 atom stereocenters. The third kappa shape index (κ3) is 5.81. The number of nitrogens with zero attached hydrogens (tertiary/aromatic N) is 4. The summed E-state index contributed by atoms with van der Waals surface area (Å²) >= 11 is 0. The summed E-state index contributed by atoms with van der Waals surface area (Å²) in [5, 5.41) is 0. The molecule has 0 amide bonds. The fraction of sp³-hybridized carbons (Fsp3) is 0.520. The van der Waals surface area contributed by atoms with Crippen molar-refractivity contribution >= 4 is 5.69 Å². The number of likely N-dealkylation sites (N-methyl/N-ethyl adjacent to an activating group) is 1. The van der Waals surface area contributed by atoms with E-state index in [2.05, 4.69) is 63.0 Å². The number of benzene rings is 2. The monoisotopic (exact) mass is 410 g/mol. The Balaban J connectivity index is 1.23. The van der Waals surface area contributed by atoms with Gasteiger partial charge in [0.1, 0.15) is 5.82 Å². The molecule has 0 N–H and O–H groups in total. The van der Waals surface area contributed by atoms with E-state index in [1.54, 1.807) is 6.07 Å². The van der Waals surface area contributed by atoms with Crippen molar-refractivity contribution in [2.75, 3.05) is 70.9 Å². The van der Waals surface area contributed by atoms with E-state index in [-0.39, 0.29) is 5.82 Å². The average Bonchev–Trinajstić information content (AvgIpc) is 2.77. The second-order valence-corrected chi connectivity index (χ2v) is 8.78. The molecular formula is C25H35FN4. The Kier molecular flexibility index (Phi) is 7.37. The molecule has 4 nitrogen and oxygen atoms in total. The summed E-state index contributed by atoms with van der Waals surface area (Å²) in [5.41, 5.74) is 3.23. The molecule has 2 fully saturated rings. The molecule has 0 radical (unpaired) electrons. The lowest BCUT2D eigenvalue weighted by Crippen LogP contribution is -2.46. The van der Waals surface area contributed by atoms with Crippen LogP contribution in [0.4, 0.5) is 10.1 Å². The number of aryl methyl sites for hydroxylation is 1. The SMILES string of the molecule is CN1CCN(CCCc2ccc(N3CCN(Cc4ccccc4)CC3)c(F)c2)CC1. The predicted molar refractivity (Wildman–Crippen MR) is 123 cm³/mol. The van der Waals surface area contributed by atoms with E-state index in [9.17, 15) is 4.39 Å². The lowest BCUT2D eigenvalue weighted by Gasteiger charge is -2.36. The molecule has 0 aliphatic carbocycles. The fourth-order valence-electron chi connectivity index (χ4n) is 4.53. The smallest absolute Gasteiger partial charge is 0.146 e. The van der Waals surface area contributed by atoms with Crippen LogP contribution < -0.4 is 4.90 Å². The minimum Gasteiger partial charge on any atom is -0.367 e. The Bertz CT molecular complexity index is 781. The average molecular weight is 411 g/mol. The Morgan fingerprint density at radius 1 is 0.767 bits per heavy atom. The highest BCUT2D eigenvalue weighted by molar-refractivity contribution is 5.49. The molecule has 5 heteroatoms. The summed E-state index contributed by atoms with van der Waals surface area (Å²) in [5.74, 6) is -0.0661. The first-order chi connectivity index (χ1) is 14.7. The summed E-state index contributed by atoms with van der Waals surface area (Å²) in [6, 6.07) is 16.5. The van der Waals surface area contributed by atoms with Gasteiger partial charge in [0.25, 0.3) is 0 Å². The second-order valence-electron chi connectivity index (χ2n) is 8.78. The highest BCUT2D eigenvalue weighted by Gasteiger charge is 2.20. The quantitative estimate of drug-likeness (QED) is 0.694. The first kappa shape index (κ1) is 21.3. The van der Waals surface area contributed by atoms with Crippen LogP contribution in [0.25, 0.3) is 0 Å². The van der Waals surface area contributed by atoms with Crippen LogP contribution in [0.15, 0.2) is 48.5 Å². The summed E-state index contributed by atoms with van der Waals surface area (Å²) in [7, 11) is 2.19. The molecule has 4 rings (SSSR count). The van der Waals surface area contributed by atoms with Gasteiger partial charge in [-0.2, -0.15) is 0 Å². The summed E-state index contributed by atoms with van der Waals surface area (Å²) in [6.07, 6.45) is 2.05. The predicted octanol–water partition coefficient (Wildman–Crippen LogP) is 3.33. The molecule has 162 valence electrons. The van der Waals surface area contributed by atoms with Crippen molar-refractivity contribution in [2.45, 2.75) is 19.4 Å². The van der Waals surface area contributed by atoms with Crippen LogP contribution in [0.3, 0.4) is 0 Å². The molecule has 0 unspecified atom stereocenters. The topological polar surface area (TPSA) is 13.0 Å². The van der Waals surface area contributed by atoms with E-state index in [1.807, 2.05) is 6.07 Å². The van der Waals surface area contributed by atoms with Gasteiger partial charge in [-0.15, -0.1) is 0 Å². The van der Waals surface area contributed by atoms with Gasteiger partial charge < -0.3 is 14.7 Å². The molecule has 0 aromatic heterocycles. The first-order valence-electron chi connectivity index (χ1n) is 11.4. The molecule has 2 aliphatic rings. The van der Waals surface area contributed by atoms with Gasteiger partial charge in [-0.05, 0) is 49.7 Å². The lowest BCUT2D eigenvalue weighted by molar-refractivity contribution is 0.153. The molecule has 30 heavy (non-hydrogen) atoms. The van der Waals surface area contributed by atoms with Crippen molar-refractivity contribution in [1.82, 2.24) is 14.7 Å². The zero-order valence-electron chi connectivity index (χ0n) is 18.3. The van der Waals surface area contributed by atoms with Gasteiger partial charge in [0.05, 0.1) is 5.69 Å². The van der Waals surface area contributed by atoms with Gasteiger partial charge >= 0.3 is 0 Å². The Labute approximate surface area is 180 Å². The van der Waals surface area contributed by atoms with E-state index in [0.717, 1.165) is 89.5 Å².